The molecule has 0 aliphatic rings. The first kappa shape index (κ1) is 18.0. The number of para-hydroxylation sites is 1. The monoisotopic (exact) mass is 372 g/mol. The van der Waals surface area contributed by atoms with Gasteiger partial charge in [0.25, 0.3) is 5.91 Å². The maximum Gasteiger partial charge on any atom is 0.293 e. The van der Waals surface area contributed by atoms with Crippen LogP contribution in [0.15, 0.2) is 34.0 Å². The third-order valence-corrected chi connectivity index (χ3v) is 3.46. The average Bonchev–Trinajstić information content (AvgIpc) is 3.28. The Morgan fingerprint density at radius 1 is 1.37 bits per heavy atom. The van der Waals surface area contributed by atoms with E-state index in [0.29, 0.717) is 17.0 Å². The highest BCUT2D eigenvalue weighted by atomic mass is 16.6. The third kappa shape index (κ3) is 3.74. The molecule has 1 aromatic carbocycles. The molecule has 0 radical (unpaired) electrons. The molecule has 0 saturated heterocycles. The molecule has 27 heavy (non-hydrogen) atoms. The van der Waals surface area contributed by atoms with Crippen LogP contribution in [0.4, 0.5) is 5.82 Å². The van der Waals surface area contributed by atoms with E-state index in [1.165, 1.54) is 18.0 Å². The number of hydrogen-bond donors (Lipinski definition) is 2. The van der Waals surface area contributed by atoms with Gasteiger partial charge in [0.2, 0.25) is 11.6 Å². The summed E-state index contributed by atoms with van der Waals surface area (Å²) in [6, 6.07) is 7.22. The topological polar surface area (TPSA) is 156 Å². The van der Waals surface area contributed by atoms with E-state index in [4.69, 9.17) is 15.2 Å². The van der Waals surface area contributed by atoms with Crippen LogP contribution in [0.3, 0.4) is 0 Å². The fraction of sp³-hybridized carbons (Fsp3) is 0.200. The number of methoxy groups -OCH3 is 2. The number of nitrogens with two attached hydrogens (primary N) is 1. The van der Waals surface area contributed by atoms with Gasteiger partial charge in [-0.15, -0.1) is 5.10 Å². The Balaban J connectivity index is 1.81. The van der Waals surface area contributed by atoms with Gasteiger partial charge in [-0.1, -0.05) is 17.3 Å². The van der Waals surface area contributed by atoms with Crippen molar-refractivity contribution < 1.29 is 18.9 Å². The van der Waals surface area contributed by atoms with Crippen LogP contribution in [0.25, 0.3) is 5.82 Å². The largest absolute Gasteiger partial charge is 0.496 e. The zero-order valence-electron chi connectivity index (χ0n) is 14.5. The van der Waals surface area contributed by atoms with E-state index in [1.54, 1.807) is 19.2 Å². The fourth-order valence-corrected chi connectivity index (χ4v) is 2.24. The molecule has 3 aromatic rings. The molecular weight excluding hydrogens is 356 g/mol. The molecular formula is C15H16N8O4. The normalized spacial score (nSPS) is 11.0. The average molecular weight is 372 g/mol. The van der Waals surface area contributed by atoms with Crippen molar-refractivity contribution in [3.63, 3.8) is 0 Å². The lowest BCUT2D eigenvalue weighted by molar-refractivity contribution is 0.0944. The highest BCUT2D eigenvalue weighted by molar-refractivity contribution is 5.94. The zero-order chi connectivity index (χ0) is 19.2. The first-order chi connectivity index (χ1) is 13.2. The zero-order valence-corrected chi connectivity index (χ0v) is 14.5. The third-order valence-electron chi connectivity index (χ3n) is 3.46. The molecule has 3 N–H and O–H groups in total. The van der Waals surface area contributed by atoms with E-state index < -0.39 is 5.91 Å². The number of hydrogen-bond acceptors (Lipinski definition) is 10. The Hall–Kier alpha value is -3.80. The van der Waals surface area contributed by atoms with Crippen molar-refractivity contribution in [1.82, 2.24) is 30.7 Å². The highest BCUT2D eigenvalue weighted by Gasteiger charge is 2.23. The lowest BCUT2D eigenvalue weighted by Gasteiger charge is -2.04. The summed E-state index contributed by atoms with van der Waals surface area (Å²) in [5, 5.41) is 18.8. The van der Waals surface area contributed by atoms with Gasteiger partial charge in [0.05, 0.1) is 19.9 Å². The van der Waals surface area contributed by atoms with Crippen molar-refractivity contribution in [1.29, 1.82) is 0 Å². The van der Waals surface area contributed by atoms with E-state index in [1.807, 2.05) is 12.1 Å². The van der Waals surface area contributed by atoms with Gasteiger partial charge in [0.15, 0.2) is 5.69 Å². The summed E-state index contributed by atoms with van der Waals surface area (Å²) in [5.74, 6) is 0.134. The van der Waals surface area contributed by atoms with Gasteiger partial charge < -0.3 is 15.2 Å². The number of nitrogens with zero attached hydrogens (tertiary/aromatic N) is 6. The quantitative estimate of drug-likeness (QED) is 0.435. The summed E-state index contributed by atoms with van der Waals surface area (Å²) in [5.41, 5.74) is 9.05. The minimum atomic E-state index is -0.588. The van der Waals surface area contributed by atoms with Gasteiger partial charge in [-0.25, -0.2) is 10.1 Å². The number of amides is 1. The summed E-state index contributed by atoms with van der Waals surface area (Å²) in [6.45, 7) is 0.0261. The summed E-state index contributed by atoms with van der Waals surface area (Å²) >= 11 is 0. The van der Waals surface area contributed by atoms with Crippen molar-refractivity contribution in [2.24, 2.45) is 5.10 Å². The number of nitrogens with one attached hydrogen (secondary N) is 1. The molecule has 3 rings (SSSR count). The maximum absolute atomic E-state index is 12.4. The predicted octanol–water partition coefficient (Wildman–Crippen LogP) is 0.151. The van der Waals surface area contributed by atoms with Gasteiger partial charge >= 0.3 is 0 Å². The molecule has 2 aromatic heterocycles. The Morgan fingerprint density at radius 3 is 2.89 bits per heavy atom. The SMILES string of the molecule is COCc1c(C(=O)N/N=C/c2ccccc2OC)nnn1-c1nonc1N. The molecule has 12 heteroatoms. The molecule has 0 fully saturated rings. The Bertz CT molecular complexity index is 964. The Labute approximate surface area is 152 Å². The lowest BCUT2D eigenvalue weighted by atomic mass is 10.2. The van der Waals surface area contributed by atoms with Gasteiger partial charge in [0, 0.05) is 12.7 Å². The number of benzene rings is 1. The van der Waals surface area contributed by atoms with Crippen LogP contribution in [-0.4, -0.2) is 51.6 Å². The molecule has 0 atom stereocenters. The first-order valence-electron chi connectivity index (χ1n) is 7.64. The van der Waals surface area contributed by atoms with Crippen LogP contribution in [0.2, 0.25) is 0 Å². The molecule has 0 unspecified atom stereocenters. The van der Waals surface area contributed by atoms with Crippen molar-refractivity contribution in [3.8, 4) is 11.6 Å². The molecule has 0 aliphatic carbocycles. The molecule has 140 valence electrons. The van der Waals surface area contributed by atoms with E-state index in [-0.39, 0.29) is 23.9 Å². The molecule has 2 heterocycles. The molecule has 12 nitrogen and oxygen atoms in total. The standard InChI is InChI=1S/C15H16N8O4/c1-25-8-10-12(18-22-23(10)14-13(16)20-27-21-14)15(24)19-17-7-9-5-3-4-6-11(9)26-2/h3-7H,8H2,1-2H3,(H2,16,20)(H,19,24)/b17-7+. The molecule has 0 aliphatic heterocycles. The number of hydrazone groups is 1. The first-order valence-corrected chi connectivity index (χ1v) is 7.64. The van der Waals surface area contributed by atoms with Gasteiger partial charge in [-0.2, -0.15) is 9.78 Å². The minimum Gasteiger partial charge on any atom is -0.496 e. The second-order valence-electron chi connectivity index (χ2n) is 5.14. The number of ether oxygens (including phenoxy) is 2. The molecule has 0 spiro atoms. The van der Waals surface area contributed by atoms with E-state index in [9.17, 15) is 4.79 Å². The van der Waals surface area contributed by atoms with Crippen molar-refractivity contribution >= 4 is 17.9 Å². The predicted molar refractivity (Wildman–Crippen MR) is 92.4 cm³/mol. The van der Waals surface area contributed by atoms with Gasteiger partial charge in [-0.05, 0) is 22.4 Å². The second kappa shape index (κ2) is 8.05. The summed E-state index contributed by atoms with van der Waals surface area (Å²) in [7, 11) is 3.01. The Morgan fingerprint density at radius 2 is 2.19 bits per heavy atom. The minimum absolute atomic E-state index is 0.00148. The second-order valence-corrected chi connectivity index (χ2v) is 5.14. The number of anilines is 1. The van der Waals surface area contributed by atoms with Crippen molar-refractivity contribution in [2.45, 2.75) is 6.61 Å². The van der Waals surface area contributed by atoms with E-state index in [0.717, 1.165) is 0 Å². The summed E-state index contributed by atoms with van der Waals surface area (Å²) in [4.78, 5) is 12.4. The van der Waals surface area contributed by atoms with Crippen molar-refractivity contribution in [3.05, 3.63) is 41.2 Å². The molecule has 0 saturated carbocycles. The number of aromatic nitrogens is 5. The summed E-state index contributed by atoms with van der Waals surface area (Å²) in [6.07, 6.45) is 1.46. The maximum atomic E-state index is 12.4. The van der Waals surface area contributed by atoms with Gasteiger partial charge in [0.1, 0.15) is 11.4 Å². The van der Waals surface area contributed by atoms with Crippen LogP contribution < -0.4 is 15.9 Å². The van der Waals surface area contributed by atoms with E-state index >= 15 is 0 Å². The highest BCUT2D eigenvalue weighted by Crippen LogP contribution is 2.17. The number of nitrogen functional groups attached to an aromatic ring is 1. The van der Waals surface area contributed by atoms with Crippen LogP contribution in [0.5, 0.6) is 5.75 Å². The summed E-state index contributed by atoms with van der Waals surface area (Å²) < 4.78 is 16.1. The number of rotatable bonds is 7. The lowest BCUT2D eigenvalue weighted by Crippen LogP contribution is -2.20. The number of carbonyl (C=O) groups is 1. The molecule has 0 bridgehead atoms. The fourth-order valence-electron chi connectivity index (χ4n) is 2.24. The smallest absolute Gasteiger partial charge is 0.293 e. The van der Waals surface area contributed by atoms with E-state index in [2.05, 4.69) is 35.8 Å². The van der Waals surface area contributed by atoms with Crippen LogP contribution >= 0.6 is 0 Å². The Kier molecular flexibility index (Phi) is 5.37. The number of carbonyl (C=O) groups excluding carboxylic acids is 1. The van der Waals surface area contributed by atoms with Crippen LogP contribution in [-0.2, 0) is 11.3 Å². The molecule has 1 amide bonds. The van der Waals surface area contributed by atoms with Crippen molar-refractivity contribution in [2.75, 3.05) is 20.0 Å². The van der Waals surface area contributed by atoms with Crippen LogP contribution in [0, 0.1) is 0 Å². The van der Waals surface area contributed by atoms with Gasteiger partial charge in [-0.3, -0.25) is 4.79 Å². The van der Waals surface area contributed by atoms with Crippen LogP contribution in [0.1, 0.15) is 21.7 Å².